The van der Waals surface area contributed by atoms with Crippen molar-refractivity contribution in [3.8, 4) is 0 Å². The van der Waals surface area contributed by atoms with Crippen LogP contribution in [0.3, 0.4) is 0 Å². The summed E-state index contributed by atoms with van der Waals surface area (Å²) in [6.07, 6.45) is 0. The lowest BCUT2D eigenvalue weighted by molar-refractivity contribution is -0.139. The van der Waals surface area contributed by atoms with Gasteiger partial charge in [-0.25, -0.2) is 8.42 Å². The van der Waals surface area contributed by atoms with Crippen molar-refractivity contribution in [2.75, 3.05) is 17.4 Å². The number of carbonyl (C=O) groups is 2. The molecule has 0 fully saturated rings. The molecule has 0 aliphatic carbocycles. The molecule has 1 N–H and O–H groups in total. The third-order valence-corrected chi connectivity index (χ3v) is 8.65. The molecule has 0 saturated heterocycles. The number of para-hydroxylation sites is 1. The third-order valence-electron chi connectivity index (χ3n) is 6.12. The SMILES string of the molecule is Cc1ccc(S(=O)(=O)N(CC(=O)N(Cc2ccc(Cl)c(Cl)c2)[C@@H](C)C(=O)NCC(C)C)c2ccccc2)cc1. The molecule has 3 aromatic carbocycles. The van der Waals surface area contributed by atoms with Crippen molar-refractivity contribution < 1.29 is 18.0 Å². The van der Waals surface area contributed by atoms with E-state index in [0.717, 1.165) is 9.87 Å². The van der Waals surface area contributed by atoms with E-state index in [1.807, 2.05) is 20.8 Å². The van der Waals surface area contributed by atoms with Gasteiger partial charge >= 0.3 is 0 Å². The summed E-state index contributed by atoms with van der Waals surface area (Å²) in [5.41, 5.74) is 1.89. The Balaban J connectivity index is 2.00. The number of aryl methyl sites for hydroxylation is 1. The molecule has 0 aromatic heterocycles. The zero-order valence-corrected chi connectivity index (χ0v) is 24.7. The molecule has 0 bridgehead atoms. The number of rotatable bonds is 11. The van der Waals surface area contributed by atoms with Crippen LogP contribution < -0.4 is 9.62 Å². The highest BCUT2D eigenvalue weighted by Crippen LogP contribution is 2.26. The molecular formula is C29H33Cl2N3O4S. The monoisotopic (exact) mass is 589 g/mol. The number of amides is 2. The van der Waals surface area contributed by atoms with Crippen LogP contribution in [0.5, 0.6) is 0 Å². The number of halogens is 2. The van der Waals surface area contributed by atoms with Crippen LogP contribution in [0.1, 0.15) is 31.9 Å². The van der Waals surface area contributed by atoms with E-state index < -0.39 is 28.5 Å². The molecule has 1 atom stereocenters. The van der Waals surface area contributed by atoms with E-state index in [-0.39, 0.29) is 23.3 Å². The molecule has 0 aliphatic rings. The van der Waals surface area contributed by atoms with Gasteiger partial charge in [-0.2, -0.15) is 0 Å². The van der Waals surface area contributed by atoms with Gasteiger partial charge in [0.05, 0.1) is 20.6 Å². The molecule has 0 saturated carbocycles. The van der Waals surface area contributed by atoms with Crippen LogP contribution >= 0.6 is 23.2 Å². The zero-order chi connectivity index (χ0) is 28.7. The topological polar surface area (TPSA) is 86.8 Å². The Morgan fingerprint density at radius 3 is 2.13 bits per heavy atom. The van der Waals surface area contributed by atoms with Crippen LogP contribution in [0.15, 0.2) is 77.7 Å². The fraction of sp³-hybridized carbons (Fsp3) is 0.310. The number of hydrogen-bond donors (Lipinski definition) is 1. The summed E-state index contributed by atoms with van der Waals surface area (Å²) in [6.45, 7) is 7.38. The van der Waals surface area contributed by atoms with Crippen molar-refractivity contribution in [2.24, 2.45) is 5.92 Å². The lowest BCUT2D eigenvalue weighted by Crippen LogP contribution is -2.51. The predicted molar refractivity (Wildman–Crippen MR) is 156 cm³/mol. The van der Waals surface area contributed by atoms with Crippen molar-refractivity contribution >= 4 is 50.7 Å². The Kier molecular flexibility index (Phi) is 10.4. The summed E-state index contributed by atoms with van der Waals surface area (Å²) in [5, 5.41) is 3.53. The number of nitrogens with one attached hydrogen (secondary N) is 1. The van der Waals surface area contributed by atoms with Gasteiger partial charge in [-0.05, 0) is 61.7 Å². The summed E-state index contributed by atoms with van der Waals surface area (Å²) in [6, 6.07) is 18.9. The van der Waals surface area contributed by atoms with Gasteiger partial charge in [0.2, 0.25) is 11.8 Å². The summed E-state index contributed by atoms with van der Waals surface area (Å²) in [4.78, 5) is 28.3. The lowest BCUT2D eigenvalue weighted by atomic mass is 10.1. The minimum Gasteiger partial charge on any atom is -0.354 e. The summed E-state index contributed by atoms with van der Waals surface area (Å²) >= 11 is 12.3. The molecule has 0 radical (unpaired) electrons. The molecule has 0 aliphatic heterocycles. The molecule has 0 unspecified atom stereocenters. The average Bonchev–Trinajstić information content (AvgIpc) is 2.91. The first-order valence-electron chi connectivity index (χ1n) is 12.6. The van der Waals surface area contributed by atoms with E-state index >= 15 is 0 Å². The molecule has 7 nitrogen and oxygen atoms in total. The van der Waals surface area contributed by atoms with E-state index in [1.54, 1.807) is 67.6 Å². The fourth-order valence-electron chi connectivity index (χ4n) is 3.83. The Morgan fingerprint density at radius 1 is 0.897 bits per heavy atom. The maximum atomic E-state index is 13.9. The normalized spacial score (nSPS) is 12.2. The molecule has 3 aromatic rings. The summed E-state index contributed by atoms with van der Waals surface area (Å²) in [5.74, 6) is -0.675. The van der Waals surface area contributed by atoms with Crippen molar-refractivity contribution in [3.63, 3.8) is 0 Å². The van der Waals surface area contributed by atoms with Crippen LogP contribution in [0.4, 0.5) is 5.69 Å². The van der Waals surface area contributed by atoms with Gasteiger partial charge in [0.1, 0.15) is 12.6 Å². The standard InChI is InChI=1S/C29H33Cl2N3O4S/c1-20(2)17-32-29(36)22(4)33(18-23-12-15-26(30)27(31)16-23)28(35)19-34(24-8-6-5-7-9-24)39(37,38)25-13-10-21(3)11-14-25/h5-16,20,22H,17-19H2,1-4H3,(H,32,36)/t22-/m0/s1. The quantitative estimate of drug-likeness (QED) is 0.311. The van der Waals surface area contributed by atoms with Gasteiger partial charge in [0.25, 0.3) is 10.0 Å². The summed E-state index contributed by atoms with van der Waals surface area (Å²) < 4.78 is 28.6. The van der Waals surface area contributed by atoms with Crippen LogP contribution in [-0.4, -0.2) is 44.3 Å². The van der Waals surface area contributed by atoms with Gasteiger partial charge < -0.3 is 10.2 Å². The maximum Gasteiger partial charge on any atom is 0.264 e. The molecule has 2 amide bonds. The van der Waals surface area contributed by atoms with E-state index in [2.05, 4.69) is 5.32 Å². The van der Waals surface area contributed by atoms with Gasteiger partial charge in [-0.3, -0.25) is 13.9 Å². The Bertz CT molecular complexity index is 1400. The van der Waals surface area contributed by atoms with Gasteiger partial charge in [-0.1, -0.05) is 79.0 Å². The Labute approximate surface area is 240 Å². The number of hydrogen-bond acceptors (Lipinski definition) is 4. The van der Waals surface area contributed by atoms with Crippen molar-refractivity contribution in [1.82, 2.24) is 10.2 Å². The minimum atomic E-state index is -4.11. The van der Waals surface area contributed by atoms with E-state index in [4.69, 9.17) is 23.2 Å². The van der Waals surface area contributed by atoms with Crippen LogP contribution in [-0.2, 0) is 26.2 Å². The second kappa shape index (κ2) is 13.3. The first kappa shape index (κ1) is 30.5. The first-order chi connectivity index (χ1) is 18.4. The van der Waals surface area contributed by atoms with Gasteiger partial charge in [0, 0.05) is 13.1 Å². The molecule has 39 heavy (non-hydrogen) atoms. The minimum absolute atomic E-state index is 0.0270. The first-order valence-corrected chi connectivity index (χ1v) is 14.7. The van der Waals surface area contributed by atoms with E-state index in [1.165, 1.54) is 17.0 Å². The Hall–Kier alpha value is -3.07. The van der Waals surface area contributed by atoms with Gasteiger partial charge in [0.15, 0.2) is 0 Å². The lowest BCUT2D eigenvalue weighted by Gasteiger charge is -2.32. The number of carbonyl (C=O) groups excluding carboxylic acids is 2. The number of sulfonamides is 1. The van der Waals surface area contributed by atoms with Crippen LogP contribution in [0.2, 0.25) is 10.0 Å². The smallest absolute Gasteiger partial charge is 0.264 e. The number of nitrogens with zero attached hydrogens (tertiary/aromatic N) is 2. The zero-order valence-electron chi connectivity index (χ0n) is 22.4. The second-order valence-corrected chi connectivity index (χ2v) is 12.4. The van der Waals surface area contributed by atoms with Crippen LogP contribution in [0, 0.1) is 12.8 Å². The highest BCUT2D eigenvalue weighted by Gasteiger charge is 2.32. The molecular weight excluding hydrogens is 557 g/mol. The predicted octanol–water partition coefficient (Wildman–Crippen LogP) is 5.69. The molecule has 0 heterocycles. The summed E-state index contributed by atoms with van der Waals surface area (Å²) in [7, 11) is -4.11. The largest absolute Gasteiger partial charge is 0.354 e. The van der Waals surface area contributed by atoms with E-state index in [0.29, 0.717) is 27.8 Å². The maximum absolute atomic E-state index is 13.9. The second-order valence-electron chi connectivity index (χ2n) is 9.75. The van der Waals surface area contributed by atoms with E-state index in [9.17, 15) is 18.0 Å². The van der Waals surface area contributed by atoms with Crippen LogP contribution in [0.25, 0.3) is 0 Å². The molecule has 3 rings (SSSR count). The van der Waals surface area contributed by atoms with Crippen molar-refractivity contribution in [3.05, 3.63) is 94.0 Å². The molecule has 10 heteroatoms. The Morgan fingerprint density at radius 2 is 1.54 bits per heavy atom. The van der Waals surface area contributed by atoms with Crippen molar-refractivity contribution in [1.29, 1.82) is 0 Å². The average molecular weight is 591 g/mol. The van der Waals surface area contributed by atoms with Crippen molar-refractivity contribution in [2.45, 2.75) is 45.2 Å². The van der Waals surface area contributed by atoms with Gasteiger partial charge in [-0.15, -0.1) is 0 Å². The number of benzene rings is 3. The number of anilines is 1. The highest BCUT2D eigenvalue weighted by molar-refractivity contribution is 7.92. The molecule has 0 spiro atoms. The fourth-order valence-corrected chi connectivity index (χ4v) is 5.57. The highest BCUT2D eigenvalue weighted by atomic mass is 35.5. The molecule has 208 valence electrons. The third kappa shape index (κ3) is 7.97.